The average Bonchev–Trinajstić information content (AvgIpc) is 3.00. The standard InChI is InChI=1S/C21H26N2O2S/c1-4-21(2,3)13-7-10-15-16(11-13)26-20-17(15)19(25)22-18(23-20)12-5-8-14(24)9-6-12/h5-6,8-9,13,18,23-24H,4,7,10-11H2,1-3H3,(H,22,25). The third-order valence-corrected chi connectivity index (χ3v) is 7.47. The zero-order chi connectivity index (χ0) is 18.5. The van der Waals surface area contributed by atoms with E-state index in [2.05, 4.69) is 31.4 Å². The molecule has 0 radical (unpaired) electrons. The van der Waals surface area contributed by atoms with Gasteiger partial charge in [-0.05, 0) is 53.9 Å². The molecule has 138 valence electrons. The van der Waals surface area contributed by atoms with Gasteiger partial charge in [0, 0.05) is 4.88 Å². The lowest BCUT2D eigenvalue weighted by atomic mass is 9.69. The van der Waals surface area contributed by atoms with Gasteiger partial charge in [-0.2, -0.15) is 0 Å². The van der Waals surface area contributed by atoms with Crippen LogP contribution in [-0.2, 0) is 12.8 Å². The van der Waals surface area contributed by atoms with Gasteiger partial charge in [0.05, 0.1) is 5.56 Å². The molecular formula is C21H26N2O2S. The van der Waals surface area contributed by atoms with Crippen molar-refractivity contribution in [3.8, 4) is 5.75 Å². The van der Waals surface area contributed by atoms with Crippen LogP contribution in [0.5, 0.6) is 5.75 Å². The van der Waals surface area contributed by atoms with Crippen molar-refractivity contribution in [2.75, 3.05) is 5.32 Å². The van der Waals surface area contributed by atoms with Crippen molar-refractivity contribution in [2.45, 2.75) is 52.6 Å². The molecule has 2 heterocycles. The summed E-state index contributed by atoms with van der Waals surface area (Å²) in [5.74, 6) is 0.923. The SMILES string of the molecule is CCC(C)(C)C1CCc2c(sc3c2C(=O)NC(c2ccc(O)cc2)N3)C1. The number of amides is 1. The third-order valence-electron chi connectivity index (χ3n) is 6.29. The number of carbonyl (C=O) groups is 1. The fourth-order valence-electron chi connectivity index (χ4n) is 4.09. The van der Waals surface area contributed by atoms with Gasteiger partial charge in [0.15, 0.2) is 0 Å². The lowest BCUT2D eigenvalue weighted by molar-refractivity contribution is 0.0934. The highest BCUT2D eigenvalue weighted by Gasteiger charge is 2.37. The van der Waals surface area contributed by atoms with Crippen molar-refractivity contribution in [3.05, 3.63) is 45.8 Å². The second-order valence-corrected chi connectivity index (χ2v) is 9.24. The quantitative estimate of drug-likeness (QED) is 0.724. The monoisotopic (exact) mass is 370 g/mol. The van der Waals surface area contributed by atoms with Crippen molar-refractivity contribution in [2.24, 2.45) is 11.3 Å². The summed E-state index contributed by atoms with van der Waals surface area (Å²) in [6.07, 6.45) is 4.16. The van der Waals surface area contributed by atoms with E-state index >= 15 is 0 Å². The minimum absolute atomic E-state index is 0.0162. The fraction of sp³-hybridized carbons (Fsp3) is 0.476. The number of benzene rings is 1. The minimum atomic E-state index is -0.251. The first-order valence-corrected chi connectivity index (χ1v) is 10.2. The van der Waals surface area contributed by atoms with Crippen LogP contribution in [-0.4, -0.2) is 11.0 Å². The molecule has 2 unspecified atom stereocenters. The summed E-state index contributed by atoms with van der Waals surface area (Å²) in [5, 5.41) is 17.0. The van der Waals surface area contributed by atoms with Crippen LogP contribution in [0.3, 0.4) is 0 Å². The van der Waals surface area contributed by atoms with Gasteiger partial charge >= 0.3 is 0 Å². The Kier molecular flexibility index (Phi) is 4.22. The summed E-state index contributed by atoms with van der Waals surface area (Å²) < 4.78 is 0. The molecule has 2 atom stereocenters. The number of hydrogen-bond donors (Lipinski definition) is 3. The predicted molar refractivity (Wildman–Crippen MR) is 106 cm³/mol. The number of rotatable bonds is 3. The third kappa shape index (κ3) is 2.88. The Labute approximate surface area is 158 Å². The number of hydrogen-bond acceptors (Lipinski definition) is 4. The Morgan fingerprint density at radius 2 is 1.96 bits per heavy atom. The number of thiophene rings is 1. The second-order valence-electron chi connectivity index (χ2n) is 8.13. The number of phenolic OH excluding ortho intramolecular Hbond substituents is 1. The van der Waals surface area contributed by atoms with Gasteiger partial charge in [0.1, 0.15) is 16.9 Å². The zero-order valence-corrected chi connectivity index (χ0v) is 16.4. The lowest BCUT2D eigenvalue weighted by Crippen LogP contribution is -2.38. The molecule has 1 amide bonds. The molecule has 2 aliphatic rings. The molecule has 1 aliphatic heterocycles. The van der Waals surface area contributed by atoms with Crippen LogP contribution in [0.15, 0.2) is 24.3 Å². The topological polar surface area (TPSA) is 61.4 Å². The van der Waals surface area contributed by atoms with Gasteiger partial charge in [-0.25, -0.2) is 0 Å². The molecule has 0 spiro atoms. The molecule has 4 rings (SSSR count). The molecule has 2 aromatic rings. The number of nitrogens with one attached hydrogen (secondary N) is 2. The molecule has 0 saturated carbocycles. The van der Waals surface area contributed by atoms with E-state index in [9.17, 15) is 9.90 Å². The minimum Gasteiger partial charge on any atom is -0.508 e. The van der Waals surface area contributed by atoms with Crippen LogP contribution < -0.4 is 10.6 Å². The molecular weight excluding hydrogens is 344 g/mol. The predicted octanol–water partition coefficient (Wildman–Crippen LogP) is 4.85. The number of phenols is 1. The molecule has 26 heavy (non-hydrogen) atoms. The van der Waals surface area contributed by atoms with Gasteiger partial charge in [0.2, 0.25) is 0 Å². The Morgan fingerprint density at radius 3 is 2.65 bits per heavy atom. The first-order valence-electron chi connectivity index (χ1n) is 9.40. The first kappa shape index (κ1) is 17.4. The van der Waals surface area contributed by atoms with Gasteiger partial charge in [-0.15, -0.1) is 11.3 Å². The molecule has 0 bridgehead atoms. The van der Waals surface area contributed by atoms with E-state index < -0.39 is 0 Å². The molecule has 1 aliphatic carbocycles. The molecule has 1 aromatic heterocycles. The summed E-state index contributed by atoms with van der Waals surface area (Å²) in [5.41, 5.74) is 3.39. The van der Waals surface area contributed by atoms with E-state index in [4.69, 9.17) is 0 Å². The van der Waals surface area contributed by atoms with Crippen LogP contribution >= 0.6 is 11.3 Å². The van der Waals surface area contributed by atoms with Crippen LogP contribution in [0.4, 0.5) is 5.00 Å². The van der Waals surface area contributed by atoms with Crippen molar-refractivity contribution in [3.63, 3.8) is 0 Å². The van der Waals surface area contributed by atoms with Crippen molar-refractivity contribution >= 4 is 22.2 Å². The van der Waals surface area contributed by atoms with E-state index in [0.29, 0.717) is 11.3 Å². The molecule has 4 nitrogen and oxygen atoms in total. The summed E-state index contributed by atoms with van der Waals surface area (Å²) >= 11 is 1.75. The summed E-state index contributed by atoms with van der Waals surface area (Å²) in [7, 11) is 0. The maximum Gasteiger partial charge on any atom is 0.256 e. The van der Waals surface area contributed by atoms with Crippen molar-refractivity contribution in [1.82, 2.24) is 5.32 Å². The summed E-state index contributed by atoms with van der Waals surface area (Å²) in [6.45, 7) is 7.00. The fourth-order valence-corrected chi connectivity index (χ4v) is 5.44. The summed E-state index contributed by atoms with van der Waals surface area (Å²) in [4.78, 5) is 14.2. The Hall–Kier alpha value is -2.01. The Bertz CT molecular complexity index is 838. The second kappa shape index (κ2) is 6.31. The van der Waals surface area contributed by atoms with Gasteiger partial charge in [-0.3, -0.25) is 4.79 Å². The lowest BCUT2D eigenvalue weighted by Gasteiger charge is -2.36. The van der Waals surface area contributed by atoms with Crippen molar-refractivity contribution < 1.29 is 9.90 Å². The highest BCUT2D eigenvalue weighted by Crippen LogP contribution is 2.46. The zero-order valence-electron chi connectivity index (χ0n) is 15.6. The molecule has 0 fully saturated rings. The van der Waals surface area contributed by atoms with E-state index in [1.807, 2.05) is 12.1 Å². The maximum atomic E-state index is 12.8. The van der Waals surface area contributed by atoms with E-state index in [0.717, 1.165) is 35.4 Å². The highest BCUT2D eigenvalue weighted by molar-refractivity contribution is 7.16. The molecule has 3 N–H and O–H groups in total. The summed E-state index contributed by atoms with van der Waals surface area (Å²) in [6, 6.07) is 6.97. The van der Waals surface area contributed by atoms with Crippen LogP contribution in [0, 0.1) is 11.3 Å². The van der Waals surface area contributed by atoms with Crippen LogP contribution in [0.1, 0.15) is 66.1 Å². The first-order chi connectivity index (χ1) is 12.4. The molecule has 1 aromatic carbocycles. The van der Waals surface area contributed by atoms with E-state index in [1.165, 1.54) is 16.9 Å². The van der Waals surface area contributed by atoms with Gasteiger partial charge in [-0.1, -0.05) is 39.3 Å². The van der Waals surface area contributed by atoms with E-state index in [-0.39, 0.29) is 17.8 Å². The Balaban J connectivity index is 1.63. The van der Waals surface area contributed by atoms with Crippen LogP contribution in [0.2, 0.25) is 0 Å². The number of fused-ring (bicyclic) bond motifs is 3. The number of aromatic hydroxyl groups is 1. The maximum absolute atomic E-state index is 12.8. The number of carbonyl (C=O) groups excluding carboxylic acids is 1. The molecule has 0 saturated heterocycles. The van der Waals surface area contributed by atoms with Gasteiger partial charge in [0.25, 0.3) is 5.91 Å². The average molecular weight is 371 g/mol. The van der Waals surface area contributed by atoms with E-state index in [1.54, 1.807) is 23.5 Å². The largest absolute Gasteiger partial charge is 0.508 e. The smallest absolute Gasteiger partial charge is 0.256 e. The van der Waals surface area contributed by atoms with Gasteiger partial charge < -0.3 is 15.7 Å². The number of anilines is 1. The molecule has 5 heteroatoms. The highest BCUT2D eigenvalue weighted by atomic mass is 32.1. The Morgan fingerprint density at radius 1 is 1.23 bits per heavy atom. The van der Waals surface area contributed by atoms with Crippen LogP contribution in [0.25, 0.3) is 0 Å². The van der Waals surface area contributed by atoms with Crippen molar-refractivity contribution in [1.29, 1.82) is 0 Å². The normalized spacial score (nSPS) is 22.2.